The molecule has 5 N–H and O–H groups in total. The van der Waals surface area contributed by atoms with Crippen molar-refractivity contribution in [1.29, 1.82) is 5.26 Å². The highest BCUT2D eigenvalue weighted by Crippen LogP contribution is 2.40. The minimum absolute atomic E-state index is 0.0728. The van der Waals surface area contributed by atoms with Gasteiger partial charge in [0.1, 0.15) is 21.8 Å². The molecule has 0 bridgehead atoms. The highest BCUT2D eigenvalue weighted by atomic mass is 35.5. The topological polar surface area (TPSA) is 128 Å². The number of carbonyl (C=O) groups is 1. The SMILES string of the molecule is CC(C)(C)OC(=O)N1CCC(N/C=C(\N)C(Nc2cc(Cl)c3ncc(C#N)c(Nc4ccc(F)c(Cl)c4)c3c2)c2cc(Cl)sc2Cl)CC1. The van der Waals surface area contributed by atoms with E-state index in [0.717, 1.165) is 0 Å². The zero-order valence-electron chi connectivity index (χ0n) is 26.1. The number of piperidine rings is 1. The minimum Gasteiger partial charge on any atom is -0.444 e. The molecule has 3 heterocycles. The number of amides is 1. The highest BCUT2D eigenvalue weighted by molar-refractivity contribution is 7.20. The molecule has 0 spiro atoms. The largest absolute Gasteiger partial charge is 0.444 e. The second-order valence-corrected chi connectivity index (χ2v) is 15.3. The summed E-state index contributed by atoms with van der Waals surface area (Å²) in [6.45, 7) is 6.62. The van der Waals surface area contributed by atoms with Gasteiger partial charge in [0.15, 0.2) is 0 Å². The van der Waals surface area contributed by atoms with Crippen molar-refractivity contribution in [3.8, 4) is 6.07 Å². The number of halogens is 5. The van der Waals surface area contributed by atoms with E-state index in [4.69, 9.17) is 56.9 Å². The fourth-order valence-corrected chi connectivity index (χ4v) is 7.17. The van der Waals surface area contributed by atoms with E-state index in [1.165, 1.54) is 35.7 Å². The van der Waals surface area contributed by atoms with Crippen LogP contribution in [-0.4, -0.2) is 40.7 Å². The normalized spacial score (nSPS) is 14.8. The lowest BCUT2D eigenvalue weighted by Crippen LogP contribution is -2.45. The number of anilines is 3. The molecule has 252 valence electrons. The number of likely N-dealkylation sites (tertiary alicyclic amines) is 1. The van der Waals surface area contributed by atoms with E-state index < -0.39 is 17.5 Å². The molecular weight excluding hydrogens is 719 g/mol. The van der Waals surface area contributed by atoms with Crippen LogP contribution in [0.15, 0.2) is 54.5 Å². The number of aromatic nitrogens is 1. The molecule has 15 heteroatoms. The number of carbonyl (C=O) groups excluding carboxylic acids is 1. The first-order valence-electron chi connectivity index (χ1n) is 14.9. The third-order valence-electron chi connectivity index (χ3n) is 7.50. The minimum atomic E-state index is -0.636. The summed E-state index contributed by atoms with van der Waals surface area (Å²) in [6, 6.07) is 11.0. The predicted octanol–water partition coefficient (Wildman–Crippen LogP) is 9.61. The van der Waals surface area contributed by atoms with Gasteiger partial charge in [-0.25, -0.2) is 9.18 Å². The van der Waals surface area contributed by atoms with Gasteiger partial charge < -0.3 is 31.3 Å². The lowest BCUT2D eigenvalue weighted by molar-refractivity contribution is 0.0201. The second kappa shape index (κ2) is 14.8. The van der Waals surface area contributed by atoms with Gasteiger partial charge in [-0.2, -0.15) is 5.26 Å². The number of nitrogens with two attached hydrogens (primary N) is 1. The molecular formula is C33H32Cl4FN7O2S. The van der Waals surface area contributed by atoms with Crippen molar-refractivity contribution in [1.82, 2.24) is 15.2 Å². The Kier molecular flexibility index (Phi) is 11.0. The Hall–Kier alpha value is -3.66. The first-order valence-corrected chi connectivity index (χ1v) is 17.2. The molecule has 0 radical (unpaired) electrons. The first kappa shape index (κ1) is 35.6. The summed E-state index contributed by atoms with van der Waals surface area (Å²) < 4.78 is 20.3. The van der Waals surface area contributed by atoms with E-state index in [0.29, 0.717) is 78.9 Å². The van der Waals surface area contributed by atoms with Crippen molar-refractivity contribution in [3.63, 3.8) is 0 Å². The standard InChI is InChI=1S/C33H32Cl4FN7O2S/c1-33(2,3)47-32(46)45-8-6-18(7-9-45)41-16-26(40)30(22-13-27(36)48-31(22)37)44-20-10-21-28(43-19-4-5-25(38)23(34)11-19)17(14-39)15-42-29(21)24(35)12-20/h4-5,10-13,15-16,18,30,41,44H,6-9,40H2,1-3H3,(H,42,43)/b26-16-. The smallest absolute Gasteiger partial charge is 0.410 e. The molecule has 48 heavy (non-hydrogen) atoms. The van der Waals surface area contributed by atoms with Gasteiger partial charge in [0, 0.05) is 53.9 Å². The summed E-state index contributed by atoms with van der Waals surface area (Å²) in [5.74, 6) is -0.568. The van der Waals surface area contributed by atoms with E-state index >= 15 is 0 Å². The Morgan fingerprint density at radius 2 is 1.85 bits per heavy atom. The van der Waals surface area contributed by atoms with Gasteiger partial charge in [-0.1, -0.05) is 46.4 Å². The lowest BCUT2D eigenvalue weighted by atomic mass is 10.0. The van der Waals surface area contributed by atoms with Crippen LogP contribution in [-0.2, 0) is 4.74 Å². The average molecular weight is 752 g/mol. The van der Waals surface area contributed by atoms with Gasteiger partial charge >= 0.3 is 6.09 Å². The van der Waals surface area contributed by atoms with Crippen LogP contribution in [0.3, 0.4) is 0 Å². The quantitative estimate of drug-likeness (QED) is 0.140. The van der Waals surface area contributed by atoms with Crippen LogP contribution in [0.2, 0.25) is 18.7 Å². The number of benzene rings is 2. The fraction of sp³-hybridized carbons (Fsp3) is 0.303. The molecule has 1 atom stereocenters. The summed E-state index contributed by atoms with van der Waals surface area (Å²) in [5, 5.41) is 20.7. The maximum absolute atomic E-state index is 13.8. The Labute approximate surface area is 301 Å². The summed E-state index contributed by atoms with van der Waals surface area (Å²) >= 11 is 26.9. The van der Waals surface area contributed by atoms with E-state index in [-0.39, 0.29) is 22.7 Å². The maximum Gasteiger partial charge on any atom is 0.410 e. The van der Waals surface area contributed by atoms with Gasteiger partial charge in [-0.15, -0.1) is 11.3 Å². The molecule has 4 aromatic rings. The molecule has 1 fully saturated rings. The molecule has 1 amide bonds. The number of hydrogen-bond acceptors (Lipinski definition) is 9. The van der Waals surface area contributed by atoms with Crippen LogP contribution >= 0.6 is 57.7 Å². The zero-order valence-corrected chi connectivity index (χ0v) is 30.0. The summed E-state index contributed by atoms with van der Waals surface area (Å²) in [7, 11) is 0. The number of nitrogens with zero attached hydrogens (tertiary/aromatic N) is 3. The molecule has 2 aromatic heterocycles. The van der Waals surface area contributed by atoms with Crippen molar-refractivity contribution in [3.05, 3.63) is 90.2 Å². The molecule has 1 aliphatic heterocycles. The van der Waals surface area contributed by atoms with Crippen LogP contribution in [0.4, 0.5) is 26.2 Å². The predicted molar refractivity (Wildman–Crippen MR) is 193 cm³/mol. The van der Waals surface area contributed by atoms with Gasteiger partial charge in [-0.3, -0.25) is 4.98 Å². The number of rotatable bonds is 8. The monoisotopic (exact) mass is 749 g/mol. The van der Waals surface area contributed by atoms with Crippen LogP contribution < -0.4 is 21.7 Å². The van der Waals surface area contributed by atoms with Crippen LogP contribution in [0.5, 0.6) is 0 Å². The van der Waals surface area contributed by atoms with Gasteiger partial charge in [0.25, 0.3) is 0 Å². The lowest BCUT2D eigenvalue weighted by Gasteiger charge is -2.33. The van der Waals surface area contributed by atoms with Crippen molar-refractivity contribution in [2.45, 2.75) is 51.3 Å². The van der Waals surface area contributed by atoms with E-state index in [1.807, 2.05) is 20.8 Å². The average Bonchev–Trinajstić information content (AvgIpc) is 3.37. The summed E-state index contributed by atoms with van der Waals surface area (Å²) in [4.78, 5) is 18.6. The third-order valence-corrected chi connectivity index (χ3v) is 9.60. The van der Waals surface area contributed by atoms with E-state index in [2.05, 4.69) is 27.0 Å². The molecule has 2 aromatic carbocycles. The summed E-state index contributed by atoms with van der Waals surface area (Å²) in [5.41, 5.74) is 9.32. The number of pyridine rings is 1. The number of nitrogens with one attached hydrogen (secondary N) is 3. The molecule has 1 saturated heterocycles. The van der Waals surface area contributed by atoms with Crippen molar-refractivity contribution < 1.29 is 13.9 Å². The van der Waals surface area contributed by atoms with Crippen LogP contribution in [0.25, 0.3) is 10.9 Å². The number of ether oxygens (including phenoxy) is 1. The molecule has 5 rings (SSSR count). The summed E-state index contributed by atoms with van der Waals surface area (Å²) in [6.07, 6.45) is 4.23. The Morgan fingerprint density at radius 3 is 2.48 bits per heavy atom. The Balaban J connectivity index is 1.42. The molecule has 1 aliphatic rings. The molecule has 9 nitrogen and oxygen atoms in total. The van der Waals surface area contributed by atoms with Crippen LogP contribution in [0, 0.1) is 17.1 Å². The number of nitriles is 1. The zero-order chi connectivity index (χ0) is 34.7. The molecule has 0 aliphatic carbocycles. The van der Waals surface area contributed by atoms with Gasteiger partial charge in [-0.05, 0) is 70.0 Å². The number of hydrogen-bond donors (Lipinski definition) is 4. The molecule has 1 unspecified atom stereocenters. The van der Waals surface area contributed by atoms with Crippen molar-refractivity contribution in [2.24, 2.45) is 5.73 Å². The van der Waals surface area contributed by atoms with Gasteiger partial charge in [0.05, 0.1) is 42.9 Å². The Morgan fingerprint density at radius 1 is 1.15 bits per heavy atom. The fourth-order valence-electron chi connectivity index (χ4n) is 5.19. The van der Waals surface area contributed by atoms with Crippen molar-refractivity contribution >= 4 is 91.8 Å². The second-order valence-electron chi connectivity index (χ2n) is 12.2. The van der Waals surface area contributed by atoms with Gasteiger partial charge in [0.2, 0.25) is 0 Å². The van der Waals surface area contributed by atoms with E-state index in [1.54, 1.807) is 29.3 Å². The van der Waals surface area contributed by atoms with E-state index in [9.17, 15) is 14.4 Å². The number of fused-ring (bicyclic) bond motifs is 1. The van der Waals surface area contributed by atoms with Crippen molar-refractivity contribution in [2.75, 3.05) is 23.7 Å². The Bertz CT molecular complexity index is 1920. The number of thiophene rings is 1. The molecule has 0 saturated carbocycles. The third kappa shape index (κ3) is 8.49. The maximum atomic E-state index is 13.8. The first-order chi connectivity index (χ1) is 22.7. The van der Waals surface area contributed by atoms with Crippen LogP contribution in [0.1, 0.15) is 50.8 Å². The highest BCUT2D eigenvalue weighted by Gasteiger charge is 2.27.